The highest BCUT2D eigenvalue weighted by Gasteiger charge is 2.27. The van der Waals surface area contributed by atoms with Gasteiger partial charge >= 0.3 is 0 Å². The summed E-state index contributed by atoms with van der Waals surface area (Å²) in [7, 11) is 0. The van der Waals surface area contributed by atoms with Crippen LogP contribution in [-0.4, -0.2) is 27.9 Å². The van der Waals surface area contributed by atoms with Crippen LogP contribution < -0.4 is 10.6 Å². The van der Waals surface area contributed by atoms with Gasteiger partial charge in [0.05, 0.1) is 6.04 Å². The third-order valence-electron chi connectivity index (χ3n) is 3.45. The second kappa shape index (κ2) is 6.52. The summed E-state index contributed by atoms with van der Waals surface area (Å²) in [6, 6.07) is -0.228. The molecule has 0 aromatic heterocycles. The van der Waals surface area contributed by atoms with E-state index in [4.69, 9.17) is 12.2 Å². The van der Waals surface area contributed by atoms with E-state index in [0.29, 0.717) is 5.11 Å². The van der Waals surface area contributed by atoms with Gasteiger partial charge in [-0.3, -0.25) is 9.59 Å². The molecule has 1 atom stereocenters. The van der Waals surface area contributed by atoms with E-state index in [0.717, 1.165) is 37.9 Å². The van der Waals surface area contributed by atoms with Crippen molar-refractivity contribution >= 4 is 40.1 Å². The number of thioether (sulfide) groups is 1. The van der Waals surface area contributed by atoms with Gasteiger partial charge in [0, 0.05) is 11.7 Å². The van der Waals surface area contributed by atoms with E-state index in [1.165, 1.54) is 18.2 Å². The summed E-state index contributed by atoms with van der Waals surface area (Å²) in [4.78, 5) is 23.4. The van der Waals surface area contributed by atoms with E-state index in [1.807, 2.05) is 0 Å². The van der Waals surface area contributed by atoms with Gasteiger partial charge in [-0.05, 0) is 31.5 Å². The maximum Gasteiger partial charge on any atom is 0.229 e. The molecule has 6 heteroatoms. The predicted molar refractivity (Wildman–Crippen MR) is 76.3 cm³/mol. The van der Waals surface area contributed by atoms with Crippen LogP contribution in [0.15, 0.2) is 0 Å². The van der Waals surface area contributed by atoms with Crippen LogP contribution in [0, 0.1) is 5.92 Å². The second-order valence-corrected chi connectivity index (χ2v) is 6.31. The average molecular weight is 286 g/mol. The Balaban J connectivity index is 1.76. The first-order valence-corrected chi connectivity index (χ1v) is 7.84. The summed E-state index contributed by atoms with van der Waals surface area (Å²) in [5.74, 6) is 0.924. The van der Waals surface area contributed by atoms with Gasteiger partial charge in [-0.2, -0.15) is 0 Å². The number of carbonyl (C=O) groups is 2. The molecule has 1 saturated heterocycles. The number of amides is 1. The van der Waals surface area contributed by atoms with E-state index in [1.54, 1.807) is 0 Å². The van der Waals surface area contributed by atoms with Crippen molar-refractivity contribution in [3.05, 3.63) is 0 Å². The monoisotopic (exact) mass is 286 g/mol. The van der Waals surface area contributed by atoms with Gasteiger partial charge in [-0.25, -0.2) is 0 Å². The fourth-order valence-electron chi connectivity index (χ4n) is 2.40. The number of hydrogen-bond acceptors (Lipinski definition) is 4. The Bertz CT molecular complexity index is 354. The predicted octanol–water partition coefficient (Wildman–Crippen LogP) is 1.59. The molecule has 0 spiro atoms. The molecule has 0 unspecified atom stereocenters. The van der Waals surface area contributed by atoms with Gasteiger partial charge in [-0.15, -0.1) is 0 Å². The molecule has 1 amide bonds. The van der Waals surface area contributed by atoms with Crippen molar-refractivity contribution in [2.75, 3.05) is 5.75 Å². The highest BCUT2D eigenvalue weighted by molar-refractivity contribution is 8.14. The topological polar surface area (TPSA) is 58.2 Å². The molecular formula is C12H18N2O2S2. The molecule has 2 N–H and O–H groups in total. The lowest BCUT2D eigenvalue weighted by molar-refractivity contribution is -0.124. The number of rotatable bonds is 2. The molecule has 4 nitrogen and oxygen atoms in total. The molecule has 0 radical (unpaired) electrons. The summed E-state index contributed by atoms with van der Waals surface area (Å²) in [6.07, 6.45) is 6.15. The zero-order valence-electron chi connectivity index (χ0n) is 10.2. The molecule has 100 valence electrons. The maximum absolute atomic E-state index is 11.9. The molecule has 1 aliphatic carbocycles. The zero-order chi connectivity index (χ0) is 13.0. The quantitative estimate of drug-likeness (QED) is 0.755. The van der Waals surface area contributed by atoms with Crippen LogP contribution in [-0.2, 0) is 9.59 Å². The molecule has 1 heterocycles. The fourth-order valence-corrected chi connectivity index (χ4v) is 3.58. The summed E-state index contributed by atoms with van der Waals surface area (Å²) < 4.78 is 0. The van der Waals surface area contributed by atoms with E-state index in [9.17, 15) is 9.59 Å². The maximum atomic E-state index is 11.9. The van der Waals surface area contributed by atoms with Crippen molar-refractivity contribution in [3.63, 3.8) is 0 Å². The van der Waals surface area contributed by atoms with Crippen molar-refractivity contribution in [2.24, 2.45) is 5.92 Å². The van der Waals surface area contributed by atoms with Crippen molar-refractivity contribution < 1.29 is 9.59 Å². The minimum Gasteiger partial charge on any atom is -0.352 e. The van der Waals surface area contributed by atoms with Crippen LogP contribution in [0.5, 0.6) is 0 Å². The van der Waals surface area contributed by atoms with Gasteiger partial charge in [0.1, 0.15) is 0 Å². The molecule has 2 aliphatic rings. The molecule has 1 aliphatic heterocycles. The van der Waals surface area contributed by atoms with Crippen LogP contribution in [0.1, 0.15) is 38.5 Å². The lowest BCUT2D eigenvalue weighted by Crippen LogP contribution is -2.47. The molecule has 18 heavy (non-hydrogen) atoms. The lowest BCUT2D eigenvalue weighted by Gasteiger charge is -2.21. The van der Waals surface area contributed by atoms with Crippen molar-refractivity contribution in [1.29, 1.82) is 0 Å². The molecule has 2 rings (SSSR count). The number of carbonyl (C=O) groups excluding carboxylic acids is 2. The molecule has 2 fully saturated rings. The van der Waals surface area contributed by atoms with E-state index in [-0.39, 0.29) is 23.0 Å². The van der Waals surface area contributed by atoms with Gasteiger partial charge in [0.2, 0.25) is 11.0 Å². The van der Waals surface area contributed by atoms with Crippen molar-refractivity contribution in [1.82, 2.24) is 10.6 Å². The largest absolute Gasteiger partial charge is 0.352 e. The Morgan fingerprint density at radius 2 is 1.94 bits per heavy atom. The average Bonchev–Trinajstić information content (AvgIpc) is 2.76. The summed E-state index contributed by atoms with van der Waals surface area (Å²) in [6.45, 7) is 0. The van der Waals surface area contributed by atoms with Gasteiger partial charge < -0.3 is 10.6 Å². The number of hydrogen-bond donors (Lipinski definition) is 2. The third-order valence-corrected chi connectivity index (χ3v) is 4.68. The number of nitrogens with one attached hydrogen (secondary N) is 2. The minimum absolute atomic E-state index is 0.00491. The first kappa shape index (κ1) is 13.8. The van der Waals surface area contributed by atoms with E-state index >= 15 is 0 Å². The first-order chi connectivity index (χ1) is 8.66. The third kappa shape index (κ3) is 3.68. The molecule has 0 aromatic rings. The second-order valence-electron chi connectivity index (χ2n) is 4.81. The molecular weight excluding hydrogens is 268 g/mol. The normalized spacial score (nSPS) is 24.9. The summed E-state index contributed by atoms with van der Waals surface area (Å²) in [5, 5.41) is 6.06. The van der Waals surface area contributed by atoms with Crippen molar-refractivity contribution in [2.45, 2.75) is 44.6 Å². The SMILES string of the molecule is O=C(NC(=S)N[C@@H]1CCSC1=O)C1CCCCC1. The van der Waals surface area contributed by atoms with Crippen LogP contribution in [0.3, 0.4) is 0 Å². The highest BCUT2D eigenvalue weighted by atomic mass is 32.2. The minimum atomic E-state index is -0.228. The lowest BCUT2D eigenvalue weighted by atomic mass is 9.89. The van der Waals surface area contributed by atoms with Crippen LogP contribution in [0.4, 0.5) is 0 Å². The standard InChI is InChI=1S/C12H18N2O2S2/c15-10(8-4-2-1-3-5-8)14-12(17)13-9-6-7-18-11(9)16/h8-9H,1-7H2,(H2,13,14,15,17)/t9-/m1/s1. The van der Waals surface area contributed by atoms with Crippen molar-refractivity contribution in [3.8, 4) is 0 Å². The van der Waals surface area contributed by atoms with Crippen LogP contribution >= 0.6 is 24.0 Å². The van der Waals surface area contributed by atoms with Crippen LogP contribution in [0.2, 0.25) is 0 Å². The summed E-state index contributed by atoms with van der Waals surface area (Å²) >= 11 is 6.41. The zero-order valence-corrected chi connectivity index (χ0v) is 11.9. The molecule has 0 aromatic carbocycles. The Hall–Kier alpha value is -0.620. The Kier molecular flexibility index (Phi) is 5.00. The number of thiocarbonyl (C=S) groups is 1. The fraction of sp³-hybridized carbons (Fsp3) is 0.750. The van der Waals surface area contributed by atoms with Gasteiger partial charge in [0.15, 0.2) is 5.11 Å². The highest BCUT2D eigenvalue weighted by Crippen LogP contribution is 2.23. The van der Waals surface area contributed by atoms with E-state index < -0.39 is 0 Å². The smallest absolute Gasteiger partial charge is 0.229 e. The van der Waals surface area contributed by atoms with Gasteiger partial charge in [0.25, 0.3) is 0 Å². The first-order valence-electron chi connectivity index (χ1n) is 6.45. The Morgan fingerprint density at radius 3 is 2.56 bits per heavy atom. The Morgan fingerprint density at radius 1 is 1.22 bits per heavy atom. The Labute approximate surface area is 117 Å². The van der Waals surface area contributed by atoms with E-state index in [2.05, 4.69) is 10.6 Å². The summed E-state index contributed by atoms with van der Waals surface area (Å²) in [5.41, 5.74) is 0. The molecule has 0 bridgehead atoms. The van der Waals surface area contributed by atoms with Gasteiger partial charge in [-0.1, -0.05) is 31.0 Å². The molecule has 1 saturated carbocycles. The van der Waals surface area contributed by atoms with Crippen LogP contribution in [0.25, 0.3) is 0 Å².